The quantitative estimate of drug-likeness (QED) is 0.556. The molecule has 0 radical (unpaired) electrons. The molecular weight excluding hydrogens is 284 g/mol. The highest BCUT2D eigenvalue weighted by Gasteiger charge is 2.25. The van der Waals surface area contributed by atoms with Crippen molar-refractivity contribution in [3.05, 3.63) is 0 Å². The first-order valence-electron chi connectivity index (χ1n) is 10.2. The van der Waals surface area contributed by atoms with Gasteiger partial charge >= 0.3 is 0 Å². The lowest BCUT2D eigenvalue weighted by atomic mass is 9.79. The van der Waals surface area contributed by atoms with Crippen LogP contribution in [0.2, 0.25) is 0 Å². The topological polar surface area (TPSA) is 24.8 Å². The molecular formula is C20H36N2O. The minimum absolute atomic E-state index is 0.597. The van der Waals surface area contributed by atoms with Crippen molar-refractivity contribution in [2.45, 2.75) is 83.6 Å². The summed E-state index contributed by atoms with van der Waals surface area (Å²) in [5, 5.41) is 0. The zero-order valence-electron chi connectivity index (χ0n) is 15.1. The van der Waals surface area contributed by atoms with Gasteiger partial charge in [-0.15, -0.1) is 0 Å². The standard InChI is InChI=1S/C20H36N2O/c1-17(18-8-4-2-5-9-18)16-20(22-12-14-23-15-13-22)21-19-10-6-3-7-11-19/h17-19H,2-16H2,1H3. The maximum atomic E-state index is 5.56. The molecule has 3 aliphatic rings. The highest BCUT2D eigenvalue weighted by molar-refractivity contribution is 5.83. The van der Waals surface area contributed by atoms with E-state index in [2.05, 4.69) is 11.8 Å². The summed E-state index contributed by atoms with van der Waals surface area (Å²) in [4.78, 5) is 7.82. The van der Waals surface area contributed by atoms with E-state index >= 15 is 0 Å². The van der Waals surface area contributed by atoms with Crippen LogP contribution in [-0.2, 0) is 4.74 Å². The first kappa shape index (κ1) is 17.3. The Morgan fingerprint density at radius 3 is 2.22 bits per heavy atom. The Morgan fingerprint density at radius 1 is 0.957 bits per heavy atom. The Morgan fingerprint density at radius 2 is 1.57 bits per heavy atom. The van der Waals surface area contributed by atoms with Gasteiger partial charge in [-0.1, -0.05) is 58.3 Å². The van der Waals surface area contributed by atoms with E-state index in [0.29, 0.717) is 6.04 Å². The van der Waals surface area contributed by atoms with Crippen LogP contribution in [0.3, 0.4) is 0 Å². The van der Waals surface area contributed by atoms with Gasteiger partial charge in [-0.25, -0.2) is 0 Å². The first-order chi connectivity index (χ1) is 11.3. The molecule has 3 heteroatoms. The monoisotopic (exact) mass is 320 g/mol. The van der Waals surface area contributed by atoms with Gasteiger partial charge in [0.2, 0.25) is 0 Å². The Labute approximate surface area is 142 Å². The third-order valence-corrected chi connectivity index (χ3v) is 6.24. The van der Waals surface area contributed by atoms with Gasteiger partial charge in [0, 0.05) is 19.5 Å². The summed E-state index contributed by atoms with van der Waals surface area (Å²) < 4.78 is 5.56. The van der Waals surface area contributed by atoms with E-state index in [0.717, 1.165) is 38.1 Å². The molecule has 0 aromatic carbocycles. The Kier molecular flexibility index (Phi) is 6.79. The average Bonchev–Trinajstić information content (AvgIpc) is 2.63. The normalized spacial score (nSPS) is 27.2. The Hall–Kier alpha value is -0.570. The van der Waals surface area contributed by atoms with Crippen molar-refractivity contribution in [3.63, 3.8) is 0 Å². The molecule has 132 valence electrons. The van der Waals surface area contributed by atoms with Crippen molar-refractivity contribution in [1.82, 2.24) is 4.90 Å². The first-order valence-corrected chi connectivity index (χ1v) is 10.2. The molecule has 0 amide bonds. The van der Waals surface area contributed by atoms with E-state index in [1.165, 1.54) is 76.5 Å². The number of amidine groups is 1. The molecule has 0 N–H and O–H groups in total. The fourth-order valence-corrected chi connectivity index (χ4v) is 4.66. The summed E-state index contributed by atoms with van der Waals surface area (Å²) in [7, 11) is 0. The van der Waals surface area contributed by atoms with Crippen molar-refractivity contribution in [3.8, 4) is 0 Å². The van der Waals surface area contributed by atoms with Crippen molar-refractivity contribution >= 4 is 5.84 Å². The Balaban J connectivity index is 1.64. The molecule has 0 bridgehead atoms. The molecule has 0 aromatic heterocycles. The molecule has 1 aliphatic heterocycles. The lowest BCUT2D eigenvalue weighted by Crippen LogP contribution is -2.42. The number of ether oxygens (including phenoxy) is 1. The molecule has 1 heterocycles. The summed E-state index contributed by atoms with van der Waals surface area (Å²) in [6.45, 7) is 6.32. The molecule has 23 heavy (non-hydrogen) atoms. The maximum Gasteiger partial charge on any atom is 0.0996 e. The van der Waals surface area contributed by atoms with Gasteiger partial charge in [-0.05, 0) is 24.7 Å². The van der Waals surface area contributed by atoms with E-state index in [-0.39, 0.29) is 0 Å². The molecule has 2 aliphatic carbocycles. The molecule has 0 spiro atoms. The van der Waals surface area contributed by atoms with E-state index in [1.54, 1.807) is 0 Å². The number of hydrogen-bond donors (Lipinski definition) is 0. The summed E-state index contributed by atoms with van der Waals surface area (Å²) in [6, 6.07) is 0.597. The maximum absolute atomic E-state index is 5.56. The van der Waals surface area contributed by atoms with Crippen LogP contribution in [-0.4, -0.2) is 43.1 Å². The van der Waals surface area contributed by atoms with Crippen LogP contribution in [0.4, 0.5) is 0 Å². The minimum atomic E-state index is 0.597. The fraction of sp³-hybridized carbons (Fsp3) is 0.950. The van der Waals surface area contributed by atoms with Crippen molar-refractivity contribution in [2.24, 2.45) is 16.8 Å². The second-order valence-corrected chi connectivity index (χ2v) is 8.02. The van der Waals surface area contributed by atoms with Crippen LogP contribution in [0.1, 0.15) is 77.6 Å². The smallest absolute Gasteiger partial charge is 0.0996 e. The predicted molar refractivity (Wildman–Crippen MR) is 97.1 cm³/mol. The van der Waals surface area contributed by atoms with Gasteiger partial charge in [-0.2, -0.15) is 0 Å². The highest BCUT2D eigenvalue weighted by Crippen LogP contribution is 2.32. The van der Waals surface area contributed by atoms with Crippen LogP contribution in [0.25, 0.3) is 0 Å². The number of rotatable bonds is 4. The zero-order valence-corrected chi connectivity index (χ0v) is 15.1. The SMILES string of the molecule is CC(CC(=NC1CCCCC1)N1CCOCC1)C1CCCCC1. The Bertz CT molecular complexity index is 364. The molecule has 1 saturated heterocycles. The molecule has 1 atom stereocenters. The minimum Gasteiger partial charge on any atom is -0.378 e. The van der Waals surface area contributed by atoms with Crippen molar-refractivity contribution in [2.75, 3.05) is 26.3 Å². The predicted octanol–water partition coefficient (Wildman–Crippen LogP) is 4.66. The van der Waals surface area contributed by atoms with Gasteiger partial charge in [0.1, 0.15) is 0 Å². The number of morpholine rings is 1. The van der Waals surface area contributed by atoms with Gasteiger partial charge in [0.05, 0.1) is 25.1 Å². The average molecular weight is 321 g/mol. The highest BCUT2D eigenvalue weighted by atomic mass is 16.5. The number of hydrogen-bond acceptors (Lipinski definition) is 2. The molecule has 2 saturated carbocycles. The summed E-state index contributed by atoms with van der Waals surface area (Å²) in [6.07, 6.45) is 15.2. The summed E-state index contributed by atoms with van der Waals surface area (Å²) in [5.41, 5.74) is 0. The van der Waals surface area contributed by atoms with Crippen LogP contribution in [0.5, 0.6) is 0 Å². The molecule has 3 fully saturated rings. The molecule has 3 rings (SSSR count). The van der Waals surface area contributed by atoms with Crippen LogP contribution >= 0.6 is 0 Å². The van der Waals surface area contributed by atoms with E-state index in [4.69, 9.17) is 9.73 Å². The molecule has 1 unspecified atom stereocenters. The van der Waals surface area contributed by atoms with Crippen LogP contribution in [0, 0.1) is 11.8 Å². The summed E-state index contributed by atoms with van der Waals surface area (Å²) >= 11 is 0. The second-order valence-electron chi connectivity index (χ2n) is 8.02. The van der Waals surface area contributed by atoms with E-state index in [9.17, 15) is 0 Å². The van der Waals surface area contributed by atoms with Gasteiger partial charge in [-0.3, -0.25) is 4.99 Å². The van der Waals surface area contributed by atoms with Crippen LogP contribution < -0.4 is 0 Å². The van der Waals surface area contributed by atoms with Crippen molar-refractivity contribution < 1.29 is 4.74 Å². The van der Waals surface area contributed by atoms with Crippen LogP contribution in [0.15, 0.2) is 4.99 Å². The zero-order chi connectivity index (χ0) is 15.9. The fourth-order valence-electron chi connectivity index (χ4n) is 4.66. The second kappa shape index (κ2) is 9.05. The van der Waals surface area contributed by atoms with Gasteiger partial charge < -0.3 is 9.64 Å². The van der Waals surface area contributed by atoms with Gasteiger partial charge in [0.15, 0.2) is 0 Å². The third kappa shape index (κ3) is 5.20. The number of aliphatic imine (C=N–C) groups is 1. The summed E-state index contributed by atoms with van der Waals surface area (Å²) in [5.74, 6) is 3.14. The van der Waals surface area contributed by atoms with Crippen molar-refractivity contribution in [1.29, 1.82) is 0 Å². The van der Waals surface area contributed by atoms with E-state index < -0.39 is 0 Å². The molecule has 3 nitrogen and oxygen atoms in total. The largest absolute Gasteiger partial charge is 0.378 e. The third-order valence-electron chi connectivity index (χ3n) is 6.24. The molecule has 0 aromatic rings. The number of nitrogens with zero attached hydrogens (tertiary/aromatic N) is 2. The van der Waals surface area contributed by atoms with Gasteiger partial charge in [0.25, 0.3) is 0 Å². The lowest BCUT2D eigenvalue weighted by Gasteiger charge is -2.35. The van der Waals surface area contributed by atoms with E-state index in [1.807, 2.05) is 0 Å². The lowest BCUT2D eigenvalue weighted by molar-refractivity contribution is 0.0660.